The summed E-state index contributed by atoms with van der Waals surface area (Å²) in [5.74, 6) is -3.21. The normalized spacial score (nSPS) is 11.0. The van der Waals surface area contributed by atoms with E-state index in [4.69, 9.17) is 4.74 Å². The van der Waals surface area contributed by atoms with Crippen LogP contribution < -0.4 is 4.74 Å². The van der Waals surface area contributed by atoms with Crippen LogP contribution in [0.4, 0.5) is 17.6 Å². The van der Waals surface area contributed by atoms with Crippen LogP contribution in [-0.2, 0) is 19.4 Å². The Balaban J connectivity index is 1.47. The molecule has 1 nitrogen and oxygen atoms in total. The van der Waals surface area contributed by atoms with Crippen molar-refractivity contribution >= 4 is 0 Å². The van der Waals surface area contributed by atoms with Crippen LogP contribution in [0.5, 0.6) is 5.75 Å². The fourth-order valence-corrected chi connectivity index (χ4v) is 4.04. The molecule has 0 aliphatic rings. The van der Waals surface area contributed by atoms with Crippen molar-refractivity contribution in [2.75, 3.05) is 0 Å². The van der Waals surface area contributed by atoms with E-state index in [9.17, 15) is 17.6 Å². The van der Waals surface area contributed by atoms with Crippen molar-refractivity contribution in [1.29, 1.82) is 0 Å². The summed E-state index contributed by atoms with van der Waals surface area (Å²) in [6, 6.07) is 20.0. The van der Waals surface area contributed by atoms with E-state index in [1.807, 2.05) is 12.1 Å². The summed E-state index contributed by atoms with van der Waals surface area (Å²) in [5, 5.41) is 0. The molecule has 0 amide bonds. The molecule has 0 saturated carbocycles. The molecule has 4 rings (SSSR count). The Bertz CT molecular complexity index is 1310. The van der Waals surface area contributed by atoms with Crippen molar-refractivity contribution in [2.24, 2.45) is 0 Å². The van der Waals surface area contributed by atoms with Crippen LogP contribution in [0.15, 0.2) is 72.8 Å². The van der Waals surface area contributed by atoms with Crippen LogP contribution in [0, 0.1) is 23.3 Å². The second-order valence-corrected chi connectivity index (χ2v) is 8.41. The number of ether oxygens (including phenoxy) is 1. The predicted octanol–water partition coefficient (Wildman–Crippen LogP) is 8.67. The smallest absolute Gasteiger partial charge is 0.167 e. The van der Waals surface area contributed by atoms with Crippen molar-refractivity contribution in [3.05, 3.63) is 113 Å². The topological polar surface area (TPSA) is 9.23 Å². The van der Waals surface area contributed by atoms with Gasteiger partial charge in [0, 0.05) is 16.7 Å². The van der Waals surface area contributed by atoms with Gasteiger partial charge in [0.15, 0.2) is 23.3 Å². The fourth-order valence-electron chi connectivity index (χ4n) is 4.04. The van der Waals surface area contributed by atoms with Crippen molar-refractivity contribution in [3.63, 3.8) is 0 Å². The first-order valence-corrected chi connectivity index (χ1v) is 11.7. The maximum atomic E-state index is 14.8. The highest BCUT2D eigenvalue weighted by Gasteiger charge is 2.16. The minimum absolute atomic E-state index is 0.0844. The minimum Gasteiger partial charge on any atom is -0.489 e. The molecule has 0 heterocycles. The van der Waals surface area contributed by atoms with Gasteiger partial charge in [-0.05, 0) is 47.2 Å². The van der Waals surface area contributed by atoms with E-state index in [0.717, 1.165) is 18.4 Å². The maximum Gasteiger partial charge on any atom is 0.167 e. The first kappa shape index (κ1) is 24.5. The second kappa shape index (κ2) is 10.8. The Morgan fingerprint density at radius 3 is 1.63 bits per heavy atom. The zero-order valence-corrected chi connectivity index (χ0v) is 19.7. The number of hydrogen-bond acceptors (Lipinski definition) is 1. The molecule has 0 radical (unpaired) electrons. The molecule has 0 aliphatic heterocycles. The summed E-state index contributed by atoms with van der Waals surface area (Å²) >= 11 is 0. The highest BCUT2D eigenvalue weighted by Crippen LogP contribution is 2.30. The number of aryl methyl sites for hydroxylation is 2. The zero-order valence-electron chi connectivity index (χ0n) is 19.7. The lowest BCUT2D eigenvalue weighted by atomic mass is 10.00. The number of rotatable bonds is 8. The Labute approximate surface area is 203 Å². The summed E-state index contributed by atoms with van der Waals surface area (Å²) in [7, 11) is 0. The summed E-state index contributed by atoms with van der Waals surface area (Å²) < 4.78 is 63.7. The van der Waals surface area contributed by atoms with Gasteiger partial charge in [0.2, 0.25) is 0 Å². The van der Waals surface area contributed by atoms with Crippen LogP contribution in [-0.4, -0.2) is 0 Å². The summed E-state index contributed by atoms with van der Waals surface area (Å²) in [5.41, 5.74) is 3.00. The van der Waals surface area contributed by atoms with E-state index >= 15 is 0 Å². The van der Waals surface area contributed by atoms with Gasteiger partial charge < -0.3 is 4.74 Å². The largest absolute Gasteiger partial charge is 0.489 e. The molecular formula is C30H26F4O. The lowest BCUT2D eigenvalue weighted by Crippen LogP contribution is -2.02. The average molecular weight is 479 g/mol. The van der Waals surface area contributed by atoms with Crippen molar-refractivity contribution in [1.82, 2.24) is 0 Å². The number of benzene rings is 4. The molecule has 0 bridgehead atoms. The van der Waals surface area contributed by atoms with Gasteiger partial charge in [-0.25, -0.2) is 17.6 Å². The van der Waals surface area contributed by atoms with E-state index < -0.39 is 23.3 Å². The summed E-state index contributed by atoms with van der Waals surface area (Å²) in [6.45, 7) is 3.67. The van der Waals surface area contributed by atoms with Gasteiger partial charge in [-0.3, -0.25) is 0 Å². The van der Waals surface area contributed by atoms with Crippen molar-refractivity contribution in [2.45, 2.75) is 39.7 Å². The molecule has 4 aromatic rings. The van der Waals surface area contributed by atoms with Crippen LogP contribution in [0.2, 0.25) is 0 Å². The van der Waals surface area contributed by atoms with Crippen LogP contribution in [0.1, 0.15) is 37.0 Å². The quantitative estimate of drug-likeness (QED) is 0.230. The SMILES string of the molecule is CCCc1ccc(-c2ccc(COc3ccc(-c4ccc(CC)c(F)c4F)cc3)c(F)c2F)cc1. The lowest BCUT2D eigenvalue weighted by molar-refractivity contribution is 0.297. The maximum absolute atomic E-state index is 14.8. The van der Waals surface area contributed by atoms with E-state index in [1.165, 1.54) is 6.07 Å². The molecule has 0 aromatic heterocycles. The molecule has 180 valence electrons. The molecule has 0 N–H and O–H groups in total. The molecular weight excluding hydrogens is 452 g/mol. The third kappa shape index (κ3) is 5.24. The van der Waals surface area contributed by atoms with Crippen molar-refractivity contribution < 1.29 is 22.3 Å². The van der Waals surface area contributed by atoms with Gasteiger partial charge in [-0.15, -0.1) is 0 Å². The number of hydrogen-bond donors (Lipinski definition) is 0. The van der Waals surface area contributed by atoms with Gasteiger partial charge in [0.25, 0.3) is 0 Å². The highest BCUT2D eigenvalue weighted by atomic mass is 19.2. The molecule has 0 saturated heterocycles. The number of halogens is 4. The zero-order chi connectivity index (χ0) is 24.9. The van der Waals surface area contributed by atoms with Gasteiger partial charge in [0.05, 0.1) is 0 Å². The van der Waals surface area contributed by atoms with Crippen LogP contribution >= 0.6 is 0 Å². The van der Waals surface area contributed by atoms with Gasteiger partial charge in [-0.2, -0.15) is 0 Å². The monoisotopic (exact) mass is 478 g/mol. The Hall–Kier alpha value is -3.60. The molecule has 5 heteroatoms. The van der Waals surface area contributed by atoms with Gasteiger partial charge in [0.1, 0.15) is 12.4 Å². The van der Waals surface area contributed by atoms with Crippen LogP contribution in [0.25, 0.3) is 22.3 Å². The lowest BCUT2D eigenvalue weighted by Gasteiger charge is -2.12. The van der Waals surface area contributed by atoms with Gasteiger partial charge in [-0.1, -0.05) is 80.9 Å². The summed E-state index contributed by atoms with van der Waals surface area (Å²) in [4.78, 5) is 0. The Morgan fingerprint density at radius 2 is 1.09 bits per heavy atom. The fraction of sp³-hybridized carbons (Fsp3) is 0.200. The second-order valence-electron chi connectivity index (χ2n) is 8.41. The molecule has 0 spiro atoms. The molecule has 0 fully saturated rings. The first-order valence-electron chi connectivity index (χ1n) is 11.7. The predicted molar refractivity (Wildman–Crippen MR) is 131 cm³/mol. The molecule has 4 aromatic carbocycles. The Kier molecular flexibility index (Phi) is 7.54. The average Bonchev–Trinajstić information content (AvgIpc) is 2.88. The molecule has 0 atom stereocenters. The minimum atomic E-state index is -0.953. The standard InChI is InChI=1S/C30H26F4O/c1-3-5-19-6-8-21(9-7-19)26-17-13-23(28(32)30(26)34)18-35-24-14-10-22(11-15-24)25-16-12-20(4-2)27(31)29(25)33/h6-17H,3-5,18H2,1-2H3. The van der Waals surface area contributed by atoms with Crippen LogP contribution in [0.3, 0.4) is 0 Å². The third-order valence-electron chi connectivity index (χ3n) is 6.07. The molecule has 35 heavy (non-hydrogen) atoms. The molecule has 0 unspecified atom stereocenters. The van der Waals surface area contributed by atoms with E-state index in [0.29, 0.717) is 28.9 Å². The van der Waals surface area contributed by atoms with E-state index in [2.05, 4.69) is 6.92 Å². The van der Waals surface area contributed by atoms with Crippen molar-refractivity contribution in [3.8, 4) is 28.0 Å². The molecule has 0 aliphatic carbocycles. The van der Waals surface area contributed by atoms with E-state index in [-0.39, 0.29) is 23.3 Å². The highest BCUT2D eigenvalue weighted by molar-refractivity contribution is 5.66. The third-order valence-corrected chi connectivity index (χ3v) is 6.07. The first-order chi connectivity index (χ1) is 16.9. The van der Waals surface area contributed by atoms with E-state index in [1.54, 1.807) is 61.5 Å². The summed E-state index contributed by atoms with van der Waals surface area (Å²) in [6.07, 6.45) is 2.35. The Morgan fingerprint density at radius 1 is 0.571 bits per heavy atom. The van der Waals surface area contributed by atoms with Gasteiger partial charge >= 0.3 is 0 Å².